The van der Waals surface area contributed by atoms with Gasteiger partial charge in [-0.25, -0.2) is 0 Å². The van der Waals surface area contributed by atoms with Gasteiger partial charge >= 0.3 is 0 Å². The summed E-state index contributed by atoms with van der Waals surface area (Å²) in [4.78, 5) is 0. The van der Waals surface area contributed by atoms with Gasteiger partial charge in [-0.05, 0) is 12.8 Å². The molecular weight excluding hydrogens is 238 g/mol. The molecule has 1 unspecified atom stereocenters. The van der Waals surface area contributed by atoms with E-state index in [4.69, 9.17) is 4.74 Å². The Balaban J connectivity index is 2.04. The molecule has 1 aliphatic carbocycles. The zero-order valence-corrected chi connectivity index (χ0v) is 10.5. The molecule has 0 spiro atoms. The van der Waals surface area contributed by atoms with Crippen molar-refractivity contribution in [2.45, 2.75) is 62.2 Å². The van der Waals surface area contributed by atoms with Crippen LogP contribution in [0.25, 0.3) is 0 Å². The summed E-state index contributed by atoms with van der Waals surface area (Å²) in [6.45, 7) is -0.535. The smallest absolute Gasteiger partial charge is 0.171 e. The molecule has 6 heteroatoms. The zero-order valence-electron chi connectivity index (χ0n) is 10.5. The van der Waals surface area contributed by atoms with Gasteiger partial charge in [0.15, 0.2) is 5.72 Å². The second-order valence-corrected chi connectivity index (χ2v) is 5.34. The lowest BCUT2D eigenvalue weighted by atomic mass is 9.90. The molecule has 1 aliphatic heterocycles. The molecule has 106 valence electrons. The predicted molar refractivity (Wildman–Crippen MR) is 63.8 cm³/mol. The van der Waals surface area contributed by atoms with Gasteiger partial charge < -0.3 is 25.2 Å². The van der Waals surface area contributed by atoms with Crippen molar-refractivity contribution in [1.82, 2.24) is 5.32 Å². The van der Waals surface area contributed by atoms with E-state index in [2.05, 4.69) is 5.32 Å². The molecule has 2 rings (SSSR count). The molecule has 1 saturated heterocycles. The first kappa shape index (κ1) is 14.2. The quantitative estimate of drug-likeness (QED) is 0.433. The Labute approximate surface area is 107 Å². The Morgan fingerprint density at radius 2 is 1.78 bits per heavy atom. The lowest BCUT2D eigenvalue weighted by molar-refractivity contribution is -0.262. The fraction of sp³-hybridized carbons (Fsp3) is 1.00. The van der Waals surface area contributed by atoms with Crippen LogP contribution in [0, 0.1) is 0 Å². The van der Waals surface area contributed by atoms with Gasteiger partial charge in [0, 0.05) is 6.04 Å². The minimum Gasteiger partial charge on any atom is -0.392 e. The van der Waals surface area contributed by atoms with Crippen molar-refractivity contribution in [3.05, 3.63) is 0 Å². The summed E-state index contributed by atoms with van der Waals surface area (Å²) in [7, 11) is 0. The molecule has 5 N–H and O–H groups in total. The van der Waals surface area contributed by atoms with Crippen molar-refractivity contribution in [3.8, 4) is 0 Å². The third-order valence-corrected chi connectivity index (χ3v) is 4.00. The number of rotatable bonds is 3. The van der Waals surface area contributed by atoms with Crippen LogP contribution >= 0.6 is 0 Å². The van der Waals surface area contributed by atoms with Crippen LogP contribution in [0.4, 0.5) is 0 Å². The summed E-state index contributed by atoms with van der Waals surface area (Å²) in [6, 6.07) is 0.169. The molecule has 4 atom stereocenters. The monoisotopic (exact) mass is 261 g/mol. The second-order valence-electron chi connectivity index (χ2n) is 5.34. The molecular formula is C12H23NO5. The molecule has 6 nitrogen and oxygen atoms in total. The lowest BCUT2D eigenvalue weighted by Crippen LogP contribution is -2.70. The fourth-order valence-electron chi connectivity index (χ4n) is 2.81. The minimum atomic E-state index is -1.36. The molecule has 0 aromatic heterocycles. The van der Waals surface area contributed by atoms with Gasteiger partial charge in [0.05, 0.1) is 13.2 Å². The maximum atomic E-state index is 10.0. The van der Waals surface area contributed by atoms with Crippen LogP contribution in [0.1, 0.15) is 32.1 Å². The van der Waals surface area contributed by atoms with Gasteiger partial charge in [-0.1, -0.05) is 19.3 Å². The molecule has 1 heterocycles. The first-order chi connectivity index (χ1) is 8.59. The summed E-state index contributed by atoms with van der Waals surface area (Å²) >= 11 is 0. The minimum absolute atomic E-state index is 0.0987. The molecule has 0 aromatic rings. The number of hydrogen-bond acceptors (Lipinski definition) is 6. The Hall–Kier alpha value is -0.240. The highest BCUT2D eigenvalue weighted by atomic mass is 16.6. The number of aliphatic hydroxyl groups is 4. The molecule has 0 radical (unpaired) electrons. The van der Waals surface area contributed by atoms with Crippen molar-refractivity contribution in [3.63, 3.8) is 0 Å². The Morgan fingerprint density at radius 3 is 2.39 bits per heavy atom. The summed E-state index contributed by atoms with van der Waals surface area (Å²) in [5.74, 6) is 0. The SMILES string of the molecule is OCC1(NC2CCCCC2)OC[C@H](O)[C@@H](O)[C@@H]1O. The summed E-state index contributed by atoms with van der Waals surface area (Å²) in [5.41, 5.74) is -1.36. The lowest BCUT2D eigenvalue weighted by Gasteiger charge is -2.46. The highest BCUT2D eigenvalue weighted by Crippen LogP contribution is 2.27. The number of aliphatic hydroxyl groups excluding tert-OH is 4. The molecule has 2 aliphatic rings. The highest BCUT2D eigenvalue weighted by molar-refractivity contribution is 4.98. The normalized spacial score (nSPS) is 43.0. The first-order valence-electron chi connectivity index (χ1n) is 6.66. The van der Waals surface area contributed by atoms with Crippen LogP contribution in [0.5, 0.6) is 0 Å². The maximum absolute atomic E-state index is 10.0. The van der Waals surface area contributed by atoms with Crippen LogP contribution < -0.4 is 5.32 Å². The van der Waals surface area contributed by atoms with E-state index < -0.39 is 30.6 Å². The van der Waals surface area contributed by atoms with Crippen molar-refractivity contribution < 1.29 is 25.2 Å². The molecule has 2 fully saturated rings. The number of hydrogen-bond donors (Lipinski definition) is 5. The standard InChI is InChI=1S/C12H23NO5/c14-7-12(13-8-4-2-1-3-5-8)11(17)10(16)9(15)6-18-12/h8-11,13-17H,1-7H2/t9-,10+,11-,12?/m0/s1. The van der Waals surface area contributed by atoms with Crippen molar-refractivity contribution in [2.75, 3.05) is 13.2 Å². The van der Waals surface area contributed by atoms with Crippen molar-refractivity contribution in [2.24, 2.45) is 0 Å². The molecule has 0 amide bonds. The molecule has 1 saturated carbocycles. The average Bonchev–Trinajstić information content (AvgIpc) is 2.41. The van der Waals surface area contributed by atoms with E-state index in [1.54, 1.807) is 0 Å². The average molecular weight is 261 g/mol. The Morgan fingerprint density at radius 1 is 1.11 bits per heavy atom. The Bertz CT molecular complexity index is 271. The van der Waals surface area contributed by atoms with E-state index in [-0.39, 0.29) is 12.6 Å². The van der Waals surface area contributed by atoms with Crippen LogP contribution in [-0.2, 0) is 4.74 Å². The van der Waals surface area contributed by atoms with Gasteiger partial charge in [-0.2, -0.15) is 0 Å². The molecule has 0 bridgehead atoms. The van der Waals surface area contributed by atoms with E-state index in [9.17, 15) is 20.4 Å². The fourth-order valence-corrected chi connectivity index (χ4v) is 2.81. The topological polar surface area (TPSA) is 102 Å². The predicted octanol–water partition coefficient (Wildman–Crippen LogP) is -1.29. The van der Waals surface area contributed by atoms with Crippen LogP contribution in [0.2, 0.25) is 0 Å². The first-order valence-corrected chi connectivity index (χ1v) is 6.66. The summed E-state index contributed by atoms with van der Waals surface area (Å²) < 4.78 is 5.39. The van der Waals surface area contributed by atoms with Crippen LogP contribution in [0.15, 0.2) is 0 Å². The van der Waals surface area contributed by atoms with E-state index in [0.717, 1.165) is 25.7 Å². The van der Waals surface area contributed by atoms with Gasteiger partial charge in [0.25, 0.3) is 0 Å². The second kappa shape index (κ2) is 5.81. The van der Waals surface area contributed by atoms with Gasteiger partial charge in [-0.3, -0.25) is 5.32 Å². The van der Waals surface area contributed by atoms with Gasteiger partial charge in [0.1, 0.15) is 18.3 Å². The number of ether oxygens (including phenoxy) is 1. The van der Waals surface area contributed by atoms with Crippen LogP contribution in [-0.4, -0.2) is 63.7 Å². The van der Waals surface area contributed by atoms with Crippen LogP contribution in [0.3, 0.4) is 0 Å². The third-order valence-electron chi connectivity index (χ3n) is 4.00. The van der Waals surface area contributed by atoms with E-state index in [0.29, 0.717) is 0 Å². The van der Waals surface area contributed by atoms with Gasteiger partial charge in [0.2, 0.25) is 0 Å². The van der Waals surface area contributed by atoms with E-state index in [1.165, 1.54) is 6.42 Å². The zero-order chi connectivity index (χ0) is 13.2. The highest BCUT2D eigenvalue weighted by Gasteiger charge is 2.50. The van der Waals surface area contributed by atoms with Crippen molar-refractivity contribution >= 4 is 0 Å². The number of nitrogens with one attached hydrogen (secondary N) is 1. The van der Waals surface area contributed by atoms with E-state index in [1.807, 2.05) is 0 Å². The molecule has 0 aromatic carbocycles. The summed E-state index contributed by atoms with van der Waals surface area (Å²) in [6.07, 6.45) is 1.60. The summed E-state index contributed by atoms with van der Waals surface area (Å²) in [5, 5.41) is 41.8. The largest absolute Gasteiger partial charge is 0.392 e. The van der Waals surface area contributed by atoms with E-state index >= 15 is 0 Å². The van der Waals surface area contributed by atoms with Gasteiger partial charge in [-0.15, -0.1) is 0 Å². The Kier molecular flexibility index (Phi) is 4.58. The maximum Gasteiger partial charge on any atom is 0.171 e. The van der Waals surface area contributed by atoms with Crippen molar-refractivity contribution in [1.29, 1.82) is 0 Å². The molecule has 18 heavy (non-hydrogen) atoms. The third kappa shape index (κ3) is 2.68.